The number of nitrogens with two attached hydrogens (primary N) is 1. The number of rotatable bonds is 3. The lowest BCUT2D eigenvalue weighted by Crippen LogP contribution is -2.43. The first-order chi connectivity index (χ1) is 8.40. The molecule has 2 rings (SSSR count). The second kappa shape index (κ2) is 5.46. The van der Waals surface area contributed by atoms with Gasteiger partial charge in [0.05, 0.1) is 5.02 Å². The van der Waals surface area contributed by atoms with Gasteiger partial charge in [-0.2, -0.15) is 0 Å². The molecule has 4 nitrogen and oxygen atoms in total. The lowest BCUT2D eigenvalue weighted by molar-refractivity contribution is 0.522. The fourth-order valence-corrected chi connectivity index (χ4v) is 4.45. The third-order valence-electron chi connectivity index (χ3n) is 3.06. The predicted octanol–water partition coefficient (Wildman–Crippen LogP) is 2.26. The van der Waals surface area contributed by atoms with Crippen molar-refractivity contribution in [1.29, 1.82) is 0 Å². The van der Waals surface area contributed by atoms with E-state index in [-0.39, 0.29) is 22.0 Å². The Morgan fingerprint density at radius 2 is 2.11 bits per heavy atom. The molecule has 2 unspecified atom stereocenters. The molecular formula is C11H14BrClN2O2S. The molecular weight excluding hydrogens is 340 g/mol. The van der Waals surface area contributed by atoms with Crippen molar-refractivity contribution in [2.75, 3.05) is 0 Å². The van der Waals surface area contributed by atoms with Crippen molar-refractivity contribution in [1.82, 2.24) is 4.72 Å². The van der Waals surface area contributed by atoms with Crippen molar-refractivity contribution in [3.05, 3.63) is 27.7 Å². The fourth-order valence-electron chi connectivity index (χ4n) is 2.09. The summed E-state index contributed by atoms with van der Waals surface area (Å²) in [7, 11) is -3.61. The molecule has 1 aromatic rings. The van der Waals surface area contributed by atoms with Gasteiger partial charge in [-0.15, -0.1) is 0 Å². The van der Waals surface area contributed by atoms with Crippen LogP contribution in [0.4, 0.5) is 0 Å². The lowest BCUT2D eigenvalue weighted by Gasteiger charge is -2.17. The van der Waals surface area contributed by atoms with E-state index in [0.717, 1.165) is 23.7 Å². The monoisotopic (exact) mass is 352 g/mol. The number of sulfonamides is 1. The highest BCUT2D eigenvalue weighted by atomic mass is 79.9. The number of benzene rings is 1. The van der Waals surface area contributed by atoms with Gasteiger partial charge in [0.1, 0.15) is 4.90 Å². The highest BCUT2D eigenvalue weighted by Gasteiger charge is 2.29. The summed E-state index contributed by atoms with van der Waals surface area (Å²) in [5.41, 5.74) is 5.86. The van der Waals surface area contributed by atoms with Crippen LogP contribution in [0.5, 0.6) is 0 Å². The maximum atomic E-state index is 12.2. The molecule has 7 heteroatoms. The summed E-state index contributed by atoms with van der Waals surface area (Å²) in [6, 6.07) is 4.37. The van der Waals surface area contributed by atoms with E-state index in [2.05, 4.69) is 20.7 Å². The van der Waals surface area contributed by atoms with Crippen molar-refractivity contribution in [2.45, 2.75) is 36.2 Å². The van der Waals surface area contributed by atoms with Crippen LogP contribution in [-0.4, -0.2) is 20.5 Å². The Kier molecular flexibility index (Phi) is 4.33. The molecule has 3 N–H and O–H groups in total. The first-order valence-corrected chi connectivity index (χ1v) is 8.28. The number of hydrogen-bond acceptors (Lipinski definition) is 3. The quantitative estimate of drug-likeness (QED) is 0.875. The van der Waals surface area contributed by atoms with E-state index in [4.69, 9.17) is 17.3 Å². The maximum Gasteiger partial charge on any atom is 0.242 e. The summed E-state index contributed by atoms with van der Waals surface area (Å²) >= 11 is 9.20. The normalized spacial score (nSPS) is 24.4. The average Bonchev–Trinajstić information content (AvgIpc) is 2.63. The Morgan fingerprint density at radius 3 is 2.67 bits per heavy atom. The topological polar surface area (TPSA) is 72.2 Å². The minimum absolute atomic E-state index is 0.0893. The Hall–Kier alpha value is -0.140. The van der Waals surface area contributed by atoms with Crippen LogP contribution in [0.15, 0.2) is 27.6 Å². The Bertz CT molecular complexity index is 550. The molecule has 2 atom stereocenters. The van der Waals surface area contributed by atoms with Gasteiger partial charge < -0.3 is 5.73 Å². The van der Waals surface area contributed by atoms with E-state index in [1.165, 1.54) is 6.07 Å². The van der Waals surface area contributed by atoms with E-state index < -0.39 is 10.0 Å². The standard InChI is InChI=1S/C11H14BrClN2O2S/c12-7-4-5-11(8(13)6-7)18(16,17)15-10-3-1-2-9(10)14/h4-6,9-10,15H,1-3,14H2. The van der Waals surface area contributed by atoms with Crippen molar-refractivity contribution >= 4 is 37.6 Å². The Labute approximate surface area is 120 Å². The fraction of sp³-hybridized carbons (Fsp3) is 0.455. The molecule has 1 saturated carbocycles. The molecule has 100 valence electrons. The summed E-state index contributed by atoms with van der Waals surface area (Å²) in [6.45, 7) is 0. The van der Waals surface area contributed by atoms with Gasteiger partial charge in [-0.3, -0.25) is 0 Å². The third-order valence-corrected chi connectivity index (χ3v) is 5.53. The summed E-state index contributed by atoms with van der Waals surface area (Å²) in [5.74, 6) is 0. The second-order valence-corrected chi connectivity index (χ2v) is 7.40. The molecule has 0 amide bonds. The van der Waals surface area contributed by atoms with Gasteiger partial charge in [0, 0.05) is 16.6 Å². The van der Waals surface area contributed by atoms with Gasteiger partial charge in [-0.1, -0.05) is 34.0 Å². The molecule has 18 heavy (non-hydrogen) atoms. The van der Waals surface area contributed by atoms with Crippen LogP contribution < -0.4 is 10.5 Å². The predicted molar refractivity (Wildman–Crippen MR) is 75.1 cm³/mol. The molecule has 0 saturated heterocycles. The SMILES string of the molecule is NC1CCCC1NS(=O)(=O)c1ccc(Br)cc1Cl. The maximum absolute atomic E-state index is 12.2. The molecule has 1 aliphatic rings. The molecule has 0 radical (unpaired) electrons. The van der Waals surface area contributed by atoms with E-state index in [0.29, 0.717) is 0 Å². The first-order valence-electron chi connectivity index (χ1n) is 5.63. The molecule has 0 aliphatic heterocycles. The molecule has 0 bridgehead atoms. The van der Waals surface area contributed by atoms with E-state index in [1.807, 2.05) is 0 Å². The molecule has 0 spiro atoms. The van der Waals surface area contributed by atoms with Crippen molar-refractivity contribution in [3.63, 3.8) is 0 Å². The van der Waals surface area contributed by atoms with Crippen molar-refractivity contribution in [2.24, 2.45) is 5.73 Å². The van der Waals surface area contributed by atoms with Gasteiger partial charge in [-0.05, 0) is 31.0 Å². The number of nitrogens with one attached hydrogen (secondary N) is 1. The summed E-state index contributed by atoms with van der Waals surface area (Å²) in [6.07, 6.45) is 2.57. The lowest BCUT2D eigenvalue weighted by atomic mass is 10.2. The van der Waals surface area contributed by atoms with Crippen LogP contribution in [0.3, 0.4) is 0 Å². The molecule has 0 heterocycles. The van der Waals surface area contributed by atoms with Gasteiger partial charge in [0.25, 0.3) is 0 Å². The zero-order valence-electron chi connectivity index (χ0n) is 9.57. The van der Waals surface area contributed by atoms with Crippen LogP contribution >= 0.6 is 27.5 Å². The molecule has 1 aliphatic carbocycles. The highest BCUT2D eigenvalue weighted by Crippen LogP contribution is 2.26. The number of hydrogen-bond donors (Lipinski definition) is 2. The van der Waals surface area contributed by atoms with Crippen LogP contribution in [0, 0.1) is 0 Å². The smallest absolute Gasteiger partial charge is 0.242 e. The summed E-state index contributed by atoms with van der Waals surface area (Å²) in [4.78, 5) is 0.0893. The van der Waals surface area contributed by atoms with Gasteiger partial charge in [0.15, 0.2) is 0 Å². The van der Waals surface area contributed by atoms with Crippen molar-refractivity contribution in [3.8, 4) is 0 Å². The van der Waals surface area contributed by atoms with Crippen LogP contribution in [-0.2, 0) is 10.0 Å². The van der Waals surface area contributed by atoms with E-state index in [1.54, 1.807) is 12.1 Å². The first kappa shape index (κ1) is 14.3. The van der Waals surface area contributed by atoms with Crippen molar-refractivity contribution < 1.29 is 8.42 Å². The molecule has 1 fully saturated rings. The van der Waals surface area contributed by atoms with E-state index >= 15 is 0 Å². The Morgan fingerprint density at radius 1 is 1.39 bits per heavy atom. The van der Waals surface area contributed by atoms with Gasteiger partial charge in [0.2, 0.25) is 10.0 Å². The summed E-state index contributed by atoms with van der Waals surface area (Å²) < 4.78 is 27.8. The average molecular weight is 354 g/mol. The molecule has 0 aromatic heterocycles. The number of halogens is 2. The van der Waals surface area contributed by atoms with Gasteiger partial charge >= 0.3 is 0 Å². The van der Waals surface area contributed by atoms with E-state index in [9.17, 15) is 8.42 Å². The zero-order chi connectivity index (χ0) is 13.3. The summed E-state index contributed by atoms with van der Waals surface area (Å²) in [5, 5.41) is 0.198. The van der Waals surface area contributed by atoms with Crippen LogP contribution in [0.1, 0.15) is 19.3 Å². The zero-order valence-corrected chi connectivity index (χ0v) is 12.7. The van der Waals surface area contributed by atoms with Crippen LogP contribution in [0.25, 0.3) is 0 Å². The largest absolute Gasteiger partial charge is 0.326 e. The highest BCUT2D eigenvalue weighted by molar-refractivity contribution is 9.10. The Balaban J connectivity index is 2.25. The van der Waals surface area contributed by atoms with Crippen LogP contribution in [0.2, 0.25) is 5.02 Å². The second-order valence-electron chi connectivity index (χ2n) is 4.40. The third kappa shape index (κ3) is 3.05. The van der Waals surface area contributed by atoms with Gasteiger partial charge in [-0.25, -0.2) is 13.1 Å². The molecule has 1 aromatic carbocycles. The minimum atomic E-state index is -3.61. The minimum Gasteiger partial charge on any atom is -0.326 e.